The number of nitrogens with one attached hydrogen (secondary N) is 1. The average Bonchev–Trinajstić information content (AvgIpc) is 1.96. The fourth-order valence-electron chi connectivity index (χ4n) is 1.61. The lowest BCUT2D eigenvalue weighted by atomic mass is 10.1. The zero-order valence-electron chi connectivity index (χ0n) is 8.22. The molecule has 1 saturated heterocycles. The Morgan fingerprint density at radius 2 is 2.15 bits per heavy atom. The molecule has 5 heteroatoms. The Hall–Kier alpha value is 0.790. The summed E-state index contributed by atoms with van der Waals surface area (Å²) < 4.78 is 1.14. The lowest BCUT2D eigenvalue weighted by Gasteiger charge is -2.43. The number of likely N-dealkylation sites (N-methyl/N-ethyl adjacent to an activating group) is 1. The molecule has 0 bridgehead atoms. The predicted octanol–water partition coefficient (Wildman–Crippen LogP) is -1.91. The first-order valence-electron chi connectivity index (χ1n) is 4.30. The SMILES string of the molecule is CC1CNCC[N+]1(C)CCCl.Cl.[Cl-]. The van der Waals surface area contributed by atoms with E-state index < -0.39 is 0 Å². The largest absolute Gasteiger partial charge is 1.00 e. The van der Waals surface area contributed by atoms with Gasteiger partial charge in [0.15, 0.2) is 0 Å². The molecule has 0 aromatic carbocycles. The van der Waals surface area contributed by atoms with E-state index in [9.17, 15) is 0 Å². The summed E-state index contributed by atoms with van der Waals surface area (Å²) in [5.41, 5.74) is 0. The quantitative estimate of drug-likeness (QED) is 0.445. The molecule has 0 aromatic heterocycles. The van der Waals surface area contributed by atoms with E-state index in [-0.39, 0.29) is 24.8 Å². The lowest BCUT2D eigenvalue weighted by molar-refractivity contribution is -0.931. The van der Waals surface area contributed by atoms with Crippen molar-refractivity contribution in [2.75, 3.05) is 39.1 Å². The smallest absolute Gasteiger partial charge is 0.0986 e. The Morgan fingerprint density at radius 1 is 1.54 bits per heavy atom. The van der Waals surface area contributed by atoms with Gasteiger partial charge in [0.05, 0.1) is 32.1 Å². The summed E-state index contributed by atoms with van der Waals surface area (Å²) in [6.07, 6.45) is 0. The van der Waals surface area contributed by atoms with Gasteiger partial charge >= 0.3 is 0 Å². The number of hydrogen-bond donors (Lipinski definition) is 1. The van der Waals surface area contributed by atoms with Crippen LogP contribution in [0.4, 0.5) is 0 Å². The van der Waals surface area contributed by atoms with Crippen LogP contribution in [0.15, 0.2) is 0 Å². The van der Waals surface area contributed by atoms with Crippen LogP contribution in [-0.4, -0.2) is 49.6 Å². The van der Waals surface area contributed by atoms with Crippen LogP contribution in [0.1, 0.15) is 6.92 Å². The van der Waals surface area contributed by atoms with E-state index in [1.54, 1.807) is 0 Å². The second kappa shape index (κ2) is 7.13. The molecule has 1 rings (SSSR count). The van der Waals surface area contributed by atoms with Crippen molar-refractivity contribution in [2.24, 2.45) is 0 Å². The minimum Gasteiger partial charge on any atom is -1.00 e. The zero-order chi connectivity index (χ0) is 8.32. The highest BCUT2D eigenvalue weighted by molar-refractivity contribution is 6.17. The van der Waals surface area contributed by atoms with Crippen molar-refractivity contribution in [3.05, 3.63) is 0 Å². The molecular weight excluding hydrogens is 230 g/mol. The predicted molar refractivity (Wildman–Crippen MR) is 56.2 cm³/mol. The standard InChI is InChI=1S/C8H18ClN2.2ClH/c1-8-7-10-4-6-11(8,2)5-3-9;;/h8,10H,3-7H2,1-2H3;2*1H/q+1;;/p-1. The molecule has 1 fully saturated rings. The van der Waals surface area contributed by atoms with Crippen LogP contribution in [0, 0.1) is 0 Å². The van der Waals surface area contributed by atoms with Crippen molar-refractivity contribution in [3.8, 4) is 0 Å². The van der Waals surface area contributed by atoms with Crippen LogP contribution < -0.4 is 17.7 Å². The Morgan fingerprint density at radius 3 is 2.62 bits per heavy atom. The van der Waals surface area contributed by atoms with Crippen molar-refractivity contribution in [2.45, 2.75) is 13.0 Å². The van der Waals surface area contributed by atoms with Gasteiger partial charge in [-0.25, -0.2) is 0 Å². The molecule has 0 amide bonds. The van der Waals surface area contributed by atoms with E-state index in [1.165, 1.54) is 6.54 Å². The van der Waals surface area contributed by atoms with Gasteiger partial charge in [-0.05, 0) is 6.92 Å². The van der Waals surface area contributed by atoms with Gasteiger partial charge in [0, 0.05) is 13.1 Å². The first-order valence-corrected chi connectivity index (χ1v) is 4.83. The van der Waals surface area contributed by atoms with Crippen LogP contribution in [0.5, 0.6) is 0 Å². The molecule has 1 aliphatic rings. The Balaban J connectivity index is 0. The van der Waals surface area contributed by atoms with Gasteiger partial charge < -0.3 is 22.2 Å². The van der Waals surface area contributed by atoms with Crippen molar-refractivity contribution in [1.82, 2.24) is 5.32 Å². The zero-order valence-corrected chi connectivity index (χ0v) is 10.6. The molecule has 0 aliphatic carbocycles. The van der Waals surface area contributed by atoms with Gasteiger partial charge in [-0.3, -0.25) is 0 Å². The first-order chi connectivity index (χ1) is 5.19. The van der Waals surface area contributed by atoms with E-state index in [2.05, 4.69) is 19.3 Å². The molecule has 1 heterocycles. The van der Waals surface area contributed by atoms with Gasteiger partial charge in [0.1, 0.15) is 0 Å². The number of hydrogen-bond acceptors (Lipinski definition) is 1. The minimum absolute atomic E-state index is 0. The van der Waals surface area contributed by atoms with Crippen molar-refractivity contribution in [1.29, 1.82) is 0 Å². The number of piperazine rings is 1. The molecule has 1 N–H and O–H groups in total. The second-order valence-electron chi connectivity index (χ2n) is 3.67. The highest BCUT2D eigenvalue weighted by atomic mass is 35.5. The molecule has 0 saturated carbocycles. The highest BCUT2D eigenvalue weighted by Gasteiger charge is 2.30. The number of nitrogens with zero attached hydrogens (tertiary/aromatic N) is 1. The third-order valence-corrected chi connectivity index (χ3v) is 3.07. The molecule has 2 unspecified atom stereocenters. The van der Waals surface area contributed by atoms with Crippen LogP contribution in [-0.2, 0) is 0 Å². The molecular formula is C8H19Cl3N2. The normalized spacial score (nSPS) is 33.0. The van der Waals surface area contributed by atoms with Crippen LogP contribution in [0.25, 0.3) is 0 Å². The number of halogens is 3. The molecule has 0 aromatic rings. The maximum atomic E-state index is 5.75. The summed E-state index contributed by atoms with van der Waals surface area (Å²) in [5, 5.41) is 3.39. The fraction of sp³-hybridized carbons (Fsp3) is 1.00. The van der Waals surface area contributed by atoms with Crippen molar-refractivity contribution >= 4 is 24.0 Å². The number of alkyl halides is 1. The summed E-state index contributed by atoms with van der Waals surface area (Å²) in [7, 11) is 2.30. The maximum Gasteiger partial charge on any atom is 0.0986 e. The number of rotatable bonds is 2. The van der Waals surface area contributed by atoms with Crippen LogP contribution in [0.3, 0.4) is 0 Å². The third-order valence-electron chi connectivity index (χ3n) is 2.90. The van der Waals surface area contributed by atoms with Crippen LogP contribution >= 0.6 is 24.0 Å². The Labute approximate surface area is 98.4 Å². The lowest BCUT2D eigenvalue weighted by Crippen LogP contribution is -3.00. The van der Waals surface area contributed by atoms with E-state index in [0.717, 1.165) is 30.0 Å². The van der Waals surface area contributed by atoms with Crippen molar-refractivity contribution < 1.29 is 16.9 Å². The monoisotopic (exact) mass is 248 g/mol. The molecule has 0 spiro atoms. The molecule has 1 aliphatic heterocycles. The van der Waals surface area contributed by atoms with Crippen molar-refractivity contribution in [3.63, 3.8) is 0 Å². The molecule has 13 heavy (non-hydrogen) atoms. The third kappa shape index (κ3) is 4.22. The number of quaternary nitrogens is 1. The molecule has 2 atom stereocenters. The Bertz CT molecular complexity index is 131. The fourth-order valence-corrected chi connectivity index (χ4v) is 2.00. The van der Waals surface area contributed by atoms with Gasteiger partial charge in [-0.2, -0.15) is 0 Å². The van der Waals surface area contributed by atoms with E-state index in [1.807, 2.05) is 0 Å². The van der Waals surface area contributed by atoms with Crippen LogP contribution in [0.2, 0.25) is 0 Å². The van der Waals surface area contributed by atoms with E-state index in [0.29, 0.717) is 6.04 Å². The summed E-state index contributed by atoms with van der Waals surface area (Å²) in [6.45, 7) is 6.88. The summed E-state index contributed by atoms with van der Waals surface area (Å²) >= 11 is 5.75. The average molecular weight is 250 g/mol. The Kier molecular flexibility index (Phi) is 8.90. The summed E-state index contributed by atoms with van der Waals surface area (Å²) in [6, 6.07) is 0.711. The summed E-state index contributed by atoms with van der Waals surface area (Å²) in [5.74, 6) is 0.779. The van der Waals surface area contributed by atoms with Gasteiger partial charge in [-0.1, -0.05) is 0 Å². The first kappa shape index (κ1) is 16.2. The summed E-state index contributed by atoms with van der Waals surface area (Å²) in [4.78, 5) is 0. The molecule has 82 valence electrons. The minimum atomic E-state index is 0. The van der Waals surface area contributed by atoms with Gasteiger partial charge in [-0.15, -0.1) is 24.0 Å². The van der Waals surface area contributed by atoms with E-state index in [4.69, 9.17) is 11.6 Å². The molecule has 2 nitrogen and oxygen atoms in total. The van der Waals surface area contributed by atoms with E-state index >= 15 is 0 Å². The van der Waals surface area contributed by atoms with Gasteiger partial charge in [0.2, 0.25) is 0 Å². The molecule has 0 radical (unpaired) electrons. The highest BCUT2D eigenvalue weighted by Crippen LogP contribution is 2.12. The topological polar surface area (TPSA) is 12.0 Å². The van der Waals surface area contributed by atoms with Gasteiger partial charge in [0.25, 0.3) is 0 Å². The maximum absolute atomic E-state index is 5.75. The second-order valence-corrected chi connectivity index (χ2v) is 4.05.